The zero-order valence-corrected chi connectivity index (χ0v) is 19.5. The second-order valence-electron chi connectivity index (χ2n) is 8.77. The molecule has 0 spiro atoms. The maximum Gasteiger partial charge on any atom is 0.328 e. The number of ketones is 1. The summed E-state index contributed by atoms with van der Waals surface area (Å²) in [6.45, 7) is 4.09. The highest BCUT2D eigenvalue weighted by Crippen LogP contribution is 2.43. The number of hydrogen-bond donors (Lipinski definition) is 1. The molecular weight excluding hydrogens is 430 g/mol. The van der Waals surface area contributed by atoms with Crippen molar-refractivity contribution in [1.29, 1.82) is 0 Å². The molecule has 3 aromatic rings. The molecule has 1 fully saturated rings. The Labute approximate surface area is 198 Å². The number of Topliss-reactive ketones (excluding diaryl/α,β-unsaturated/α-hetero) is 1. The van der Waals surface area contributed by atoms with Gasteiger partial charge >= 0.3 is 5.97 Å². The second kappa shape index (κ2) is 10.1. The van der Waals surface area contributed by atoms with Crippen LogP contribution in [0.5, 0.6) is 11.6 Å². The largest absolute Gasteiger partial charge is 0.480 e. The van der Waals surface area contributed by atoms with E-state index in [-0.39, 0.29) is 18.6 Å². The molecule has 1 aliphatic rings. The van der Waals surface area contributed by atoms with Crippen molar-refractivity contribution in [2.45, 2.75) is 58.4 Å². The summed E-state index contributed by atoms with van der Waals surface area (Å²) in [5.41, 5.74) is 1.03. The number of pyridine rings is 2. The van der Waals surface area contributed by atoms with Crippen LogP contribution in [-0.2, 0) is 16.0 Å². The van der Waals surface area contributed by atoms with Crippen LogP contribution in [0.4, 0.5) is 0 Å². The first-order valence-corrected chi connectivity index (χ1v) is 11.8. The Morgan fingerprint density at radius 3 is 2.47 bits per heavy atom. The van der Waals surface area contributed by atoms with Crippen molar-refractivity contribution in [2.75, 3.05) is 0 Å². The summed E-state index contributed by atoms with van der Waals surface area (Å²) in [5.74, 6) is 0.269. The van der Waals surface area contributed by atoms with Crippen molar-refractivity contribution >= 4 is 28.2 Å². The third kappa shape index (κ3) is 4.69. The molecule has 0 bridgehead atoms. The molecule has 34 heavy (non-hydrogen) atoms. The SMILES string of the molecule is CCCC1(CCC)C(=O)CC1=N[C@@H](Cc1ccc(Oc2nccc3ccncc23)cc1)C(=O)O. The molecule has 0 radical (unpaired) electrons. The second-order valence-corrected chi connectivity index (χ2v) is 8.77. The van der Waals surface area contributed by atoms with Gasteiger partial charge in [0.05, 0.1) is 10.8 Å². The number of ether oxygens (including phenoxy) is 1. The summed E-state index contributed by atoms with van der Waals surface area (Å²) in [6.07, 6.45) is 8.83. The van der Waals surface area contributed by atoms with Gasteiger partial charge in [0, 0.05) is 37.1 Å². The minimum absolute atomic E-state index is 0.192. The number of fused-ring (bicyclic) bond motifs is 1. The third-order valence-corrected chi connectivity index (χ3v) is 6.46. The fourth-order valence-corrected chi connectivity index (χ4v) is 4.73. The van der Waals surface area contributed by atoms with Gasteiger partial charge in [0.2, 0.25) is 5.88 Å². The lowest BCUT2D eigenvalue weighted by molar-refractivity contribution is -0.138. The lowest BCUT2D eigenvalue weighted by Crippen LogP contribution is -2.51. The predicted molar refractivity (Wildman–Crippen MR) is 130 cm³/mol. The minimum Gasteiger partial charge on any atom is -0.480 e. The lowest BCUT2D eigenvalue weighted by atomic mass is 9.60. The molecule has 1 aliphatic carbocycles. The molecule has 2 heterocycles. The van der Waals surface area contributed by atoms with E-state index in [1.807, 2.05) is 38.1 Å². The van der Waals surface area contributed by atoms with Crippen LogP contribution in [0.25, 0.3) is 10.8 Å². The van der Waals surface area contributed by atoms with Gasteiger partial charge in [-0.3, -0.25) is 14.8 Å². The van der Waals surface area contributed by atoms with Crippen LogP contribution in [0.1, 0.15) is 51.5 Å². The zero-order chi connectivity index (χ0) is 24.1. The third-order valence-electron chi connectivity index (χ3n) is 6.46. The topological polar surface area (TPSA) is 102 Å². The highest BCUT2D eigenvalue weighted by Gasteiger charge is 2.50. The quantitative estimate of drug-likeness (QED) is 0.434. The Morgan fingerprint density at radius 1 is 1.12 bits per heavy atom. The summed E-state index contributed by atoms with van der Waals surface area (Å²) in [5, 5.41) is 11.6. The number of hydrogen-bond acceptors (Lipinski definition) is 6. The number of nitrogens with zero attached hydrogens (tertiary/aromatic N) is 3. The number of aromatic nitrogens is 2. The van der Waals surface area contributed by atoms with Crippen molar-refractivity contribution in [3.05, 3.63) is 60.6 Å². The summed E-state index contributed by atoms with van der Waals surface area (Å²) >= 11 is 0. The Balaban J connectivity index is 1.50. The highest BCUT2D eigenvalue weighted by atomic mass is 16.5. The van der Waals surface area contributed by atoms with Crippen LogP contribution >= 0.6 is 0 Å². The molecule has 0 unspecified atom stereocenters. The monoisotopic (exact) mass is 459 g/mol. The van der Waals surface area contributed by atoms with E-state index in [2.05, 4.69) is 15.0 Å². The molecule has 1 aromatic carbocycles. The van der Waals surface area contributed by atoms with Crippen LogP contribution in [0.2, 0.25) is 0 Å². The lowest BCUT2D eigenvalue weighted by Gasteiger charge is -2.42. The van der Waals surface area contributed by atoms with Crippen molar-refractivity contribution in [3.8, 4) is 11.6 Å². The van der Waals surface area contributed by atoms with Crippen molar-refractivity contribution in [3.63, 3.8) is 0 Å². The van der Waals surface area contributed by atoms with E-state index in [1.165, 1.54) is 0 Å². The summed E-state index contributed by atoms with van der Waals surface area (Å²) in [4.78, 5) is 37.5. The molecule has 1 N–H and O–H groups in total. The van der Waals surface area contributed by atoms with Crippen molar-refractivity contribution in [1.82, 2.24) is 9.97 Å². The molecule has 1 saturated carbocycles. The number of aliphatic imine (C=N–C) groups is 1. The number of carbonyl (C=O) groups excluding carboxylic acids is 1. The fourth-order valence-electron chi connectivity index (χ4n) is 4.73. The Kier molecular flexibility index (Phi) is 7.01. The Morgan fingerprint density at radius 2 is 1.82 bits per heavy atom. The number of carbonyl (C=O) groups is 2. The first-order valence-electron chi connectivity index (χ1n) is 11.8. The normalized spacial score (nSPS) is 16.9. The average Bonchev–Trinajstić information content (AvgIpc) is 2.84. The number of rotatable bonds is 10. The van der Waals surface area contributed by atoms with E-state index in [0.29, 0.717) is 11.6 Å². The zero-order valence-electron chi connectivity index (χ0n) is 19.5. The molecule has 7 nitrogen and oxygen atoms in total. The summed E-state index contributed by atoms with van der Waals surface area (Å²) in [6, 6.07) is 10.1. The van der Waals surface area contributed by atoms with Gasteiger partial charge in [-0.1, -0.05) is 38.8 Å². The van der Waals surface area contributed by atoms with E-state index in [1.54, 1.807) is 30.7 Å². The predicted octanol–water partition coefficient (Wildman–Crippen LogP) is 5.42. The van der Waals surface area contributed by atoms with E-state index < -0.39 is 17.4 Å². The summed E-state index contributed by atoms with van der Waals surface area (Å²) < 4.78 is 5.95. The van der Waals surface area contributed by atoms with Crippen LogP contribution in [0.15, 0.2) is 60.0 Å². The van der Waals surface area contributed by atoms with E-state index in [9.17, 15) is 14.7 Å². The van der Waals surface area contributed by atoms with Crippen LogP contribution < -0.4 is 4.74 Å². The van der Waals surface area contributed by atoms with Crippen molar-refractivity contribution in [2.24, 2.45) is 10.4 Å². The Hall–Kier alpha value is -3.61. The molecule has 2 aromatic heterocycles. The van der Waals surface area contributed by atoms with Crippen LogP contribution in [0, 0.1) is 5.41 Å². The molecule has 0 saturated heterocycles. The van der Waals surface area contributed by atoms with Crippen molar-refractivity contribution < 1.29 is 19.4 Å². The maximum atomic E-state index is 12.5. The first kappa shape index (κ1) is 23.5. The summed E-state index contributed by atoms with van der Waals surface area (Å²) in [7, 11) is 0. The van der Waals surface area contributed by atoms with Gasteiger partial charge in [0.1, 0.15) is 11.5 Å². The molecule has 176 valence electrons. The van der Waals surface area contributed by atoms with Gasteiger partial charge in [0.25, 0.3) is 0 Å². The molecule has 0 aliphatic heterocycles. The van der Waals surface area contributed by atoms with Crippen LogP contribution in [-0.4, -0.2) is 38.6 Å². The molecule has 7 heteroatoms. The standard InChI is InChI=1S/C27H29N3O4/c1-3-11-27(12-4-2)23(16-24(27)31)30-22(26(32)33)15-18-5-7-20(8-6-18)34-25-21-17-28-13-9-19(21)10-14-29-25/h5-10,13-14,17,22H,3-4,11-12,15-16H2,1-2H3,(H,32,33)/t22-/m0/s1. The van der Waals surface area contributed by atoms with Gasteiger partial charge in [-0.25, -0.2) is 9.78 Å². The Bertz CT molecular complexity index is 1210. The molecular formula is C27H29N3O4. The van der Waals surface area contributed by atoms with E-state index in [4.69, 9.17) is 4.74 Å². The first-order chi connectivity index (χ1) is 16.5. The number of aliphatic carboxylic acids is 1. The number of carboxylic acid groups (broad SMARTS) is 1. The smallest absolute Gasteiger partial charge is 0.328 e. The highest BCUT2D eigenvalue weighted by molar-refractivity contribution is 6.27. The van der Waals surface area contributed by atoms with Gasteiger partial charge in [-0.05, 0) is 48.1 Å². The maximum absolute atomic E-state index is 12.5. The van der Waals surface area contributed by atoms with Gasteiger partial charge in [-0.15, -0.1) is 0 Å². The molecule has 4 rings (SSSR count). The van der Waals surface area contributed by atoms with E-state index in [0.717, 1.165) is 47.7 Å². The van der Waals surface area contributed by atoms with Gasteiger partial charge in [0.15, 0.2) is 6.04 Å². The molecule has 0 amide bonds. The average molecular weight is 460 g/mol. The minimum atomic E-state index is -0.985. The number of benzene rings is 1. The number of carboxylic acids is 1. The van der Waals surface area contributed by atoms with Gasteiger partial charge in [-0.2, -0.15) is 0 Å². The van der Waals surface area contributed by atoms with Gasteiger partial charge < -0.3 is 9.84 Å². The fraction of sp³-hybridized carbons (Fsp3) is 0.370. The molecule has 1 atom stereocenters. The van der Waals surface area contributed by atoms with Crippen LogP contribution in [0.3, 0.4) is 0 Å². The van der Waals surface area contributed by atoms with E-state index >= 15 is 0 Å².